The molecule has 2 nitrogen and oxygen atoms in total. The summed E-state index contributed by atoms with van der Waals surface area (Å²) in [5.41, 5.74) is 5.63. The number of nitrogens with two attached hydrogens (primary N) is 1. The predicted molar refractivity (Wildman–Crippen MR) is 40.7 cm³/mol. The van der Waals surface area contributed by atoms with Crippen molar-refractivity contribution in [2.45, 2.75) is 19.1 Å². The molecular weight excluding hydrogens is 134 g/mol. The monoisotopic (exact) mass is 147 g/mol. The molecule has 54 valence electrons. The van der Waals surface area contributed by atoms with Gasteiger partial charge in [0.25, 0.3) is 0 Å². The lowest BCUT2D eigenvalue weighted by Gasteiger charge is -2.24. The van der Waals surface area contributed by atoms with Crippen LogP contribution in [-0.4, -0.2) is 30.3 Å². The third kappa shape index (κ3) is 2.16. The third-order valence-electron chi connectivity index (χ3n) is 1.43. The zero-order valence-corrected chi connectivity index (χ0v) is 6.49. The van der Waals surface area contributed by atoms with Gasteiger partial charge in [0.15, 0.2) is 0 Å². The van der Waals surface area contributed by atoms with E-state index in [4.69, 9.17) is 10.5 Å². The van der Waals surface area contributed by atoms with Crippen molar-refractivity contribution < 1.29 is 4.74 Å². The minimum Gasteiger partial charge on any atom is -0.375 e. The fraction of sp³-hybridized carbons (Fsp3) is 1.00. The van der Waals surface area contributed by atoms with E-state index in [0.717, 1.165) is 18.1 Å². The molecule has 0 aromatic carbocycles. The minimum absolute atomic E-state index is 0.192. The SMILES string of the molecule is CC(N)C1CSCCO1. The Morgan fingerprint density at radius 3 is 2.89 bits per heavy atom. The van der Waals surface area contributed by atoms with Crippen molar-refractivity contribution in [2.24, 2.45) is 5.73 Å². The summed E-state index contributed by atoms with van der Waals surface area (Å²) < 4.78 is 5.39. The summed E-state index contributed by atoms with van der Waals surface area (Å²) in [7, 11) is 0. The molecule has 2 unspecified atom stereocenters. The van der Waals surface area contributed by atoms with Crippen LogP contribution in [0.1, 0.15) is 6.92 Å². The molecule has 3 heteroatoms. The van der Waals surface area contributed by atoms with E-state index in [1.54, 1.807) is 0 Å². The van der Waals surface area contributed by atoms with Crippen molar-refractivity contribution in [1.29, 1.82) is 0 Å². The highest BCUT2D eigenvalue weighted by atomic mass is 32.2. The maximum Gasteiger partial charge on any atom is 0.0813 e. The first kappa shape index (κ1) is 7.38. The van der Waals surface area contributed by atoms with Crippen LogP contribution < -0.4 is 5.73 Å². The molecular formula is C6H13NOS. The second kappa shape index (κ2) is 3.44. The van der Waals surface area contributed by atoms with Gasteiger partial charge in [-0.05, 0) is 6.92 Å². The first-order chi connectivity index (χ1) is 4.30. The van der Waals surface area contributed by atoms with Gasteiger partial charge in [-0.25, -0.2) is 0 Å². The van der Waals surface area contributed by atoms with E-state index in [0.29, 0.717) is 6.10 Å². The van der Waals surface area contributed by atoms with Gasteiger partial charge < -0.3 is 10.5 Å². The van der Waals surface area contributed by atoms with Gasteiger partial charge in [0, 0.05) is 17.5 Å². The summed E-state index contributed by atoms with van der Waals surface area (Å²) in [4.78, 5) is 0. The van der Waals surface area contributed by atoms with Crippen LogP contribution in [0.2, 0.25) is 0 Å². The number of hydrogen-bond donors (Lipinski definition) is 1. The topological polar surface area (TPSA) is 35.2 Å². The van der Waals surface area contributed by atoms with Crippen molar-refractivity contribution in [3.63, 3.8) is 0 Å². The summed E-state index contributed by atoms with van der Waals surface area (Å²) in [6.45, 7) is 2.87. The molecule has 0 saturated carbocycles. The Kier molecular flexibility index (Phi) is 2.82. The lowest BCUT2D eigenvalue weighted by Crippen LogP contribution is -2.38. The number of rotatable bonds is 1. The second-order valence-electron chi connectivity index (χ2n) is 2.34. The van der Waals surface area contributed by atoms with Gasteiger partial charge in [0.1, 0.15) is 0 Å². The standard InChI is InChI=1S/C6H13NOS/c1-5(7)6-4-9-3-2-8-6/h5-6H,2-4,7H2,1H3. The van der Waals surface area contributed by atoms with Gasteiger partial charge in [0.05, 0.1) is 12.7 Å². The lowest BCUT2D eigenvalue weighted by atomic mass is 10.2. The van der Waals surface area contributed by atoms with Gasteiger partial charge in [-0.3, -0.25) is 0 Å². The highest BCUT2D eigenvalue weighted by Crippen LogP contribution is 2.13. The normalized spacial score (nSPS) is 32.0. The maximum absolute atomic E-state index is 5.63. The van der Waals surface area contributed by atoms with Crippen molar-refractivity contribution in [2.75, 3.05) is 18.1 Å². The summed E-state index contributed by atoms with van der Waals surface area (Å²) in [5.74, 6) is 2.20. The Balaban J connectivity index is 2.23. The van der Waals surface area contributed by atoms with Crippen LogP contribution >= 0.6 is 11.8 Å². The first-order valence-electron chi connectivity index (χ1n) is 3.25. The van der Waals surface area contributed by atoms with Crippen molar-refractivity contribution in [3.8, 4) is 0 Å². The molecule has 1 aliphatic rings. The summed E-state index contributed by atoms with van der Waals surface area (Å²) in [5, 5.41) is 0. The number of hydrogen-bond acceptors (Lipinski definition) is 3. The average molecular weight is 147 g/mol. The predicted octanol–water partition coefficient (Wildman–Crippen LogP) is 0.466. The van der Waals surface area contributed by atoms with Crippen LogP contribution in [-0.2, 0) is 4.74 Å². The van der Waals surface area contributed by atoms with E-state index in [-0.39, 0.29) is 6.04 Å². The molecule has 0 radical (unpaired) electrons. The molecule has 2 atom stereocenters. The number of ether oxygens (including phenoxy) is 1. The summed E-state index contributed by atoms with van der Waals surface area (Å²) >= 11 is 1.93. The van der Waals surface area contributed by atoms with Crippen LogP contribution in [0.25, 0.3) is 0 Å². The molecule has 0 bridgehead atoms. The molecule has 0 aliphatic carbocycles. The highest BCUT2D eigenvalue weighted by Gasteiger charge is 2.17. The summed E-state index contributed by atoms with van der Waals surface area (Å²) in [6, 6.07) is 0.192. The molecule has 1 aliphatic heterocycles. The third-order valence-corrected chi connectivity index (χ3v) is 2.45. The molecule has 1 rings (SSSR count). The zero-order chi connectivity index (χ0) is 6.69. The van der Waals surface area contributed by atoms with Crippen LogP contribution in [0.5, 0.6) is 0 Å². The Morgan fingerprint density at radius 1 is 1.78 bits per heavy atom. The van der Waals surface area contributed by atoms with Crippen LogP contribution in [0.3, 0.4) is 0 Å². The van der Waals surface area contributed by atoms with E-state index in [9.17, 15) is 0 Å². The molecule has 1 fully saturated rings. The highest BCUT2D eigenvalue weighted by molar-refractivity contribution is 7.99. The molecule has 1 saturated heterocycles. The molecule has 9 heavy (non-hydrogen) atoms. The Bertz CT molecular complexity index is 81.1. The van der Waals surface area contributed by atoms with E-state index < -0.39 is 0 Å². The van der Waals surface area contributed by atoms with Crippen LogP contribution in [0, 0.1) is 0 Å². The van der Waals surface area contributed by atoms with Crippen molar-refractivity contribution >= 4 is 11.8 Å². The average Bonchev–Trinajstić information content (AvgIpc) is 1.90. The van der Waals surface area contributed by atoms with Crippen molar-refractivity contribution in [3.05, 3.63) is 0 Å². The molecule has 0 aromatic heterocycles. The molecule has 0 amide bonds. The second-order valence-corrected chi connectivity index (χ2v) is 3.49. The Morgan fingerprint density at radius 2 is 2.56 bits per heavy atom. The smallest absolute Gasteiger partial charge is 0.0813 e. The van der Waals surface area contributed by atoms with Gasteiger partial charge in [0.2, 0.25) is 0 Å². The van der Waals surface area contributed by atoms with Crippen LogP contribution in [0.15, 0.2) is 0 Å². The minimum atomic E-state index is 0.192. The van der Waals surface area contributed by atoms with E-state index in [1.165, 1.54) is 0 Å². The van der Waals surface area contributed by atoms with E-state index in [1.807, 2.05) is 18.7 Å². The number of thioether (sulfide) groups is 1. The molecule has 0 spiro atoms. The summed E-state index contributed by atoms with van der Waals surface area (Å²) in [6.07, 6.45) is 0.295. The largest absolute Gasteiger partial charge is 0.375 e. The van der Waals surface area contributed by atoms with Gasteiger partial charge in [-0.1, -0.05) is 0 Å². The van der Waals surface area contributed by atoms with Crippen molar-refractivity contribution in [1.82, 2.24) is 0 Å². The van der Waals surface area contributed by atoms with Gasteiger partial charge >= 0.3 is 0 Å². The first-order valence-corrected chi connectivity index (χ1v) is 4.41. The molecule has 1 heterocycles. The quantitative estimate of drug-likeness (QED) is 0.585. The Hall–Kier alpha value is 0.270. The molecule has 2 N–H and O–H groups in total. The lowest BCUT2D eigenvalue weighted by molar-refractivity contribution is 0.0613. The maximum atomic E-state index is 5.63. The fourth-order valence-electron chi connectivity index (χ4n) is 0.810. The Labute approximate surface area is 60.1 Å². The fourth-order valence-corrected chi connectivity index (χ4v) is 1.82. The zero-order valence-electron chi connectivity index (χ0n) is 5.67. The van der Waals surface area contributed by atoms with Gasteiger partial charge in [-0.2, -0.15) is 11.8 Å². The van der Waals surface area contributed by atoms with Gasteiger partial charge in [-0.15, -0.1) is 0 Å². The molecule has 0 aromatic rings. The van der Waals surface area contributed by atoms with E-state index in [2.05, 4.69) is 0 Å². The van der Waals surface area contributed by atoms with Crippen LogP contribution in [0.4, 0.5) is 0 Å². The van der Waals surface area contributed by atoms with E-state index >= 15 is 0 Å².